The summed E-state index contributed by atoms with van der Waals surface area (Å²) >= 11 is 12.0. The average Bonchev–Trinajstić information content (AvgIpc) is 2.83. The minimum atomic E-state index is -0.598. The average molecular weight is 488 g/mol. The van der Waals surface area contributed by atoms with Gasteiger partial charge in [0.15, 0.2) is 6.61 Å². The molecule has 3 aromatic rings. The first-order chi connectivity index (χ1) is 15.9. The van der Waals surface area contributed by atoms with Crippen molar-refractivity contribution in [2.24, 2.45) is 4.99 Å². The molecule has 3 N–H and O–H groups in total. The molecule has 0 aliphatic rings. The van der Waals surface area contributed by atoms with Crippen molar-refractivity contribution in [3.8, 4) is 11.5 Å². The molecule has 2 amide bonds. The zero-order valence-electron chi connectivity index (χ0n) is 17.2. The summed E-state index contributed by atoms with van der Waals surface area (Å²) in [4.78, 5) is 27.6. The molecule has 0 fully saturated rings. The molecule has 3 aromatic carbocycles. The summed E-state index contributed by atoms with van der Waals surface area (Å²) in [7, 11) is 0. The number of halogens is 2. The Labute approximate surface area is 199 Å². The number of carbonyl (C=O) groups is 2. The van der Waals surface area contributed by atoms with Crippen LogP contribution in [0.25, 0.3) is 0 Å². The van der Waals surface area contributed by atoms with E-state index in [9.17, 15) is 9.59 Å². The fraction of sp³-hybridized carbons (Fsp3) is 0.0870. The Morgan fingerprint density at radius 3 is 2.45 bits per heavy atom. The van der Waals surface area contributed by atoms with Gasteiger partial charge in [-0.25, -0.2) is 5.48 Å². The van der Waals surface area contributed by atoms with Crippen molar-refractivity contribution >= 4 is 53.1 Å². The zero-order chi connectivity index (χ0) is 23.8. The van der Waals surface area contributed by atoms with Gasteiger partial charge < -0.3 is 14.8 Å². The van der Waals surface area contributed by atoms with Gasteiger partial charge in [-0.3, -0.25) is 19.8 Å². The molecule has 0 spiro atoms. The first-order valence-corrected chi connectivity index (χ1v) is 10.3. The van der Waals surface area contributed by atoms with Crippen LogP contribution in [0.15, 0.2) is 65.7 Å². The maximum absolute atomic E-state index is 12.2. The van der Waals surface area contributed by atoms with Crippen LogP contribution in [0.4, 0.5) is 11.4 Å². The van der Waals surface area contributed by atoms with Crippen LogP contribution >= 0.6 is 23.2 Å². The van der Waals surface area contributed by atoms with Gasteiger partial charge in [-0.05, 0) is 54.7 Å². The van der Waals surface area contributed by atoms with Gasteiger partial charge in [-0.15, -0.1) is 0 Å². The van der Waals surface area contributed by atoms with Gasteiger partial charge in [0, 0.05) is 11.3 Å². The monoisotopic (exact) mass is 487 g/mol. The van der Waals surface area contributed by atoms with E-state index in [1.54, 1.807) is 66.1 Å². The summed E-state index contributed by atoms with van der Waals surface area (Å²) in [5.41, 5.74) is 3.61. The van der Waals surface area contributed by atoms with Crippen LogP contribution in [0.5, 0.6) is 11.5 Å². The number of hydroxylamine groups is 1. The molecular formula is C23H19Cl2N3O5. The molecular weight excluding hydrogens is 469 g/mol. The molecule has 10 heteroatoms. The second-order valence-corrected chi connectivity index (χ2v) is 7.44. The molecule has 0 aromatic heterocycles. The van der Waals surface area contributed by atoms with Crippen molar-refractivity contribution in [3.05, 3.63) is 81.8 Å². The Balaban J connectivity index is 1.58. The number of anilines is 1. The molecule has 0 aliphatic heterocycles. The van der Waals surface area contributed by atoms with E-state index in [1.165, 1.54) is 0 Å². The van der Waals surface area contributed by atoms with Crippen molar-refractivity contribution in [1.82, 2.24) is 5.48 Å². The van der Waals surface area contributed by atoms with Crippen LogP contribution in [0.3, 0.4) is 0 Å². The maximum atomic E-state index is 12.2. The summed E-state index contributed by atoms with van der Waals surface area (Å²) in [6.07, 6.45) is 0. The minimum Gasteiger partial charge on any atom is -0.487 e. The van der Waals surface area contributed by atoms with Crippen LogP contribution < -0.4 is 20.3 Å². The molecule has 170 valence electrons. The van der Waals surface area contributed by atoms with E-state index in [0.717, 1.165) is 5.56 Å². The SMILES string of the molecule is C=Nc1cc(NC(=O)COc2cccc(Cl)c2Cl)ccc1OCc1ccc(C(=O)NO)cc1. The number of nitrogens with zero attached hydrogens (tertiary/aromatic N) is 1. The van der Waals surface area contributed by atoms with Gasteiger partial charge in [0.2, 0.25) is 0 Å². The number of rotatable bonds is 9. The highest BCUT2D eigenvalue weighted by molar-refractivity contribution is 6.42. The lowest BCUT2D eigenvalue weighted by Crippen LogP contribution is -2.20. The van der Waals surface area contributed by atoms with Gasteiger partial charge in [0.25, 0.3) is 11.8 Å². The number of amides is 2. The first-order valence-electron chi connectivity index (χ1n) is 9.55. The second-order valence-electron chi connectivity index (χ2n) is 6.66. The third kappa shape index (κ3) is 6.45. The summed E-state index contributed by atoms with van der Waals surface area (Å²) in [6.45, 7) is 3.49. The van der Waals surface area contributed by atoms with Crippen molar-refractivity contribution in [1.29, 1.82) is 0 Å². The van der Waals surface area contributed by atoms with Crippen molar-refractivity contribution < 1.29 is 24.3 Å². The van der Waals surface area contributed by atoms with Crippen LogP contribution in [0.1, 0.15) is 15.9 Å². The summed E-state index contributed by atoms with van der Waals surface area (Å²) in [5, 5.41) is 11.9. The molecule has 0 atom stereocenters. The van der Waals surface area contributed by atoms with Gasteiger partial charge in [-0.1, -0.05) is 41.4 Å². The molecule has 8 nitrogen and oxygen atoms in total. The predicted molar refractivity (Wildman–Crippen MR) is 126 cm³/mol. The van der Waals surface area contributed by atoms with Crippen molar-refractivity contribution in [2.45, 2.75) is 6.61 Å². The van der Waals surface area contributed by atoms with Crippen LogP contribution in [0.2, 0.25) is 10.0 Å². The molecule has 0 aliphatic carbocycles. The van der Waals surface area contributed by atoms with Crippen LogP contribution in [-0.2, 0) is 11.4 Å². The molecule has 3 rings (SSSR count). The molecule has 0 radical (unpaired) electrons. The van der Waals surface area contributed by atoms with Crippen LogP contribution in [-0.4, -0.2) is 30.3 Å². The quantitative estimate of drug-likeness (QED) is 0.222. The van der Waals surface area contributed by atoms with E-state index in [4.69, 9.17) is 37.9 Å². The lowest BCUT2D eigenvalue weighted by atomic mass is 10.1. The second kappa shape index (κ2) is 11.3. The van der Waals surface area contributed by atoms with Gasteiger partial charge >= 0.3 is 0 Å². The van der Waals surface area contributed by atoms with Crippen molar-refractivity contribution in [2.75, 3.05) is 11.9 Å². The number of aliphatic imine (C=N–C) groups is 1. The Morgan fingerprint density at radius 1 is 1.00 bits per heavy atom. The van der Waals surface area contributed by atoms with E-state index in [-0.39, 0.29) is 18.2 Å². The third-order valence-corrected chi connectivity index (χ3v) is 5.20. The van der Waals surface area contributed by atoms with Crippen molar-refractivity contribution in [3.63, 3.8) is 0 Å². The minimum absolute atomic E-state index is 0.212. The van der Waals surface area contributed by atoms with E-state index < -0.39 is 11.8 Å². The fourth-order valence-electron chi connectivity index (χ4n) is 2.75. The molecule has 0 unspecified atom stereocenters. The highest BCUT2D eigenvalue weighted by Crippen LogP contribution is 2.32. The Hall–Kier alpha value is -3.59. The van der Waals surface area contributed by atoms with E-state index >= 15 is 0 Å². The molecule has 0 saturated carbocycles. The lowest BCUT2D eigenvalue weighted by molar-refractivity contribution is -0.118. The summed E-state index contributed by atoms with van der Waals surface area (Å²) in [5.74, 6) is -0.232. The van der Waals surface area contributed by atoms with E-state index in [1.807, 2.05) is 0 Å². The fourth-order valence-corrected chi connectivity index (χ4v) is 3.10. The lowest BCUT2D eigenvalue weighted by Gasteiger charge is -2.12. The predicted octanol–water partition coefficient (Wildman–Crippen LogP) is 5.04. The number of hydrogen-bond acceptors (Lipinski definition) is 6. The smallest absolute Gasteiger partial charge is 0.274 e. The van der Waals surface area contributed by atoms with Gasteiger partial charge in [0.1, 0.15) is 28.8 Å². The number of nitrogens with one attached hydrogen (secondary N) is 2. The van der Waals surface area contributed by atoms with Crippen LogP contribution in [0, 0.1) is 0 Å². The Bertz CT molecular complexity index is 1170. The number of carbonyl (C=O) groups excluding carboxylic acids is 2. The number of hydrogen-bond donors (Lipinski definition) is 3. The molecule has 33 heavy (non-hydrogen) atoms. The largest absolute Gasteiger partial charge is 0.487 e. The highest BCUT2D eigenvalue weighted by atomic mass is 35.5. The number of ether oxygens (including phenoxy) is 2. The standard InChI is InChI=1S/C23H19Cl2N3O5/c1-26-18-11-16(27-21(29)13-33-20-4-2-3-17(24)22(20)25)9-10-19(18)32-12-14-5-7-15(8-6-14)23(30)28-31/h2-11,31H,1,12-13H2,(H,27,29)(H,28,30). The normalized spacial score (nSPS) is 10.3. The van der Waals surface area contributed by atoms with E-state index in [2.05, 4.69) is 17.0 Å². The maximum Gasteiger partial charge on any atom is 0.274 e. The summed E-state index contributed by atoms with van der Waals surface area (Å²) in [6, 6.07) is 16.4. The Kier molecular flexibility index (Phi) is 8.26. The number of benzene rings is 3. The molecule has 0 heterocycles. The highest BCUT2D eigenvalue weighted by Gasteiger charge is 2.11. The topological polar surface area (TPSA) is 109 Å². The third-order valence-electron chi connectivity index (χ3n) is 4.40. The first kappa shape index (κ1) is 24.1. The molecule has 0 saturated heterocycles. The molecule has 0 bridgehead atoms. The Morgan fingerprint density at radius 2 is 1.76 bits per heavy atom. The zero-order valence-corrected chi connectivity index (χ0v) is 18.7. The van der Waals surface area contributed by atoms with Gasteiger partial charge in [0.05, 0.1) is 5.02 Å². The van der Waals surface area contributed by atoms with Gasteiger partial charge in [-0.2, -0.15) is 0 Å². The van der Waals surface area contributed by atoms with E-state index in [0.29, 0.717) is 33.5 Å². The summed E-state index contributed by atoms with van der Waals surface area (Å²) < 4.78 is 11.2.